The van der Waals surface area contributed by atoms with E-state index in [1.165, 1.54) is 18.7 Å². The van der Waals surface area contributed by atoms with Crippen molar-refractivity contribution < 1.29 is 4.79 Å². The molecule has 0 bridgehead atoms. The maximum Gasteiger partial charge on any atom is 0.236 e. The van der Waals surface area contributed by atoms with Crippen LogP contribution in [0.1, 0.15) is 55.3 Å². The van der Waals surface area contributed by atoms with Crippen molar-refractivity contribution in [2.75, 3.05) is 70.5 Å². The number of rotatable bonds is 9. The van der Waals surface area contributed by atoms with Crippen LogP contribution in [0.2, 0.25) is 0 Å². The standard InChI is InChI=1S/C29H42N10O/c1-4-5-8-31-27-26-23(34-28(30)35-27)13-33-39(26)14-24-20(2)11-22(12-32-24)21-6-9-38(10-7-21)25(40)15-37-18-29(19-37)16-36(3)17-29/h11-13,21H,4-10,14-19H2,1-3H3,(H3,30,31,34,35). The van der Waals surface area contributed by atoms with Crippen molar-refractivity contribution >= 4 is 28.7 Å². The molecular weight excluding hydrogens is 504 g/mol. The number of hydrogen-bond donors (Lipinski definition) is 2. The van der Waals surface area contributed by atoms with Crippen LogP contribution in [0.15, 0.2) is 18.5 Å². The van der Waals surface area contributed by atoms with Crippen LogP contribution >= 0.6 is 0 Å². The molecule has 6 heterocycles. The molecule has 1 amide bonds. The van der Waals surface area contributed by atoms with Crippen molar-refractivity contribution in [2.45, 2.75) is 52.0 Å². The van der Waals surface area contributed by atoms with Gasteiger partial charge in [-0.25, -0.2) is 4.98 Å². The number of fused-ring (bicyclic) bond motifs is 1. The fourth-order valence-corrected chi connectivity index (χ4v) is 6.87. The van der Waals surface area contributed by atoms with E-state index in [9.17, 15) is 4.79 Å². The van der Waals surface area contributed by atoms with E-state index in [2.05, 4.69) is 62.0 Å². The molecule has 3 aliphatic heterocycles. The molecule has 40 heavy (non-hydrogen) atoms. The maximum atomic E-state index is 12.9. The van der Waals surface area contributed by atoms with Crippen LogP contribution in [0.4, 0.5) is 11.8 Å². The molecule has 6 rings (SSSR count). The van der Waals surface area contributed by atoms with E-state index >= 15 is 0 Å². The summed E-state index contributed by atoms with van der Waals surface area (Å²) < 4.78 is 1.91. The third-order valence-corrected chi connectivity index (χ3v) is 8.84. The predicted octanol–water partition coefficient (Wildman–Crippen LogP) is 2.33. The first-order chi connectivity index (χ1) is 19.3. The molecule has 214 valence electrons. The number of nitrogens with two attached hydrogens (primary N) is 1. The molecule has 3 aromatic heterocycles. The van der Waals surface area contributed by atoms with Gasteiger partial charge in [-0.3, -0.25) is 19.4 Å². The molecule has 3 aliphatic rings. The number of hydrogen-bond acceptors (Lipinski definition) is 9. The second kappa shape index (κ2) is 10.9. The summed E-state index contributed by atoms with van der Waals surface area (Å²) in [5.41, 5.74) is 11.4. The van der Waals surface area contributed by atoms with Crippen LogP contribution < -0.4 is 11.1 Å². The monoisotopic (exact) mass is 546 g/mol. The van der Waals surface area contributed by atoms with Crippen molar-refractivity contribution in [1.29, 1.82) is 0 Å². The number of carbonyl (C=O) groups is 1. The van der Waals surface area contributed by atoms with Gasteiger partial charge in [-0.2, -0.15) is 10.1 Å². The number of aromatic nitrogens is 5. The molecule has 3 aromatic rings. The topological polar surface area (TPSA) is 121 Å². The number of amides is 1. The Labute approximate surface area is 236 Å². The first-order valence-corrected chi connectivity index (χ1v) is 14.7. The molecular formula is C29H42N10O. The Balaban J connectivity index is 1.06. The van der Waals surface area contributed by atoms with Gasteiger partial charge in [0.05, 0.1) is 25.0 Å². The lowest BCUT2D eigenvalue weighted by Gasteiger charge is -2.59. The Morgan fingerprint density at radius 1 is 1.15 bits per heavy atom. The summed E-state index contributed by atoms with van der Waals surface area (Å²) in [5, 5.41) is 7.99. The molecule has 0 aliphatic carbocycles. The van der Waals surface area contributed by atoms with Crippen molar-refractivity contribution in [1.82, 2.24) is 39.4 Å². The molecule has 0 radical (unpaired) electrons. The van der Waals surface area contributed by atoms with E-state index < -0.39 is 0 Å². The van der Waals surface area contributed by atoms with Crippen LogP contribution in [0, 0.1) is 12.3 Å². The first kappa shape index (κ1) is 26.9. The number of likely N-dealkylation sites (tertiary alicyclic amines) is 3. The van der Waals surface area contributed by atoms with Crippen molar-refractivity contribution in [3.63, 3.8) is 0 Å². The lowest BCUT2D eigenvalue weighted by Crippen LogP contribution is -2.71. The van der Waals surface area contributed by atoms with Crippen LogP contribution in [-0.4, -0.2) is 105 Å². The molecule has 3 fully saturated rings. The maximum absolute atomic E-state index is 12.9. The highest BCUT2D eigenvalue weighted by molar-refractivity contribution is 5.86. The van der Waals surface area contributed by atoms with E-state index in [0.29, 0.717) is 30.2 Å². The number of nitrogens with one attached hydrogen (secondary N) is 1. The molecule has 11 nitrogen and oxygen atoms in total. The second-order valence-electron chi connectivity index (χ2n) is 12.3. The zero-order valence-corrected chi connectivity index (χ0v) is 24.1. The number of piperidine rings is 1. The van der Waals surface area contributed by atoms with Crippen molar-refractivity contribution in [3.05, 3.63) is 35.3 Å². The van der Waals surface area contributed by atoms with Crippen LogP contribution in [0.5, 0.6) is 0 Å². The van der Waals surface area contributed by atoms with Gasteiger partial charge in [0.1, 0.15) is 11.0 Å². The minimum Gasteiger partial charge on any atom is -0.368 e. The van der Waals surface area contributed by atoms with Gasteiger partial charge in [0.25, 0.3) is 0 Å². The Bertz CT molecular complexity index is 1360. The molecule has 11 heteroatoms. The lowest BCUT2D eigenvalue weighted by atomic mass is 9.73. The number of pyridine rings is 1. The summed E-state index contributed by atoms with van der Waals surface area (Å²) in [5.74, 6) is 1.67. The largest absolute Gasteiger partial charge is 0.368 e. The minimum absolute atomic E-state index is 0.244. The fourth-order valence-electron chi connectivity index (χ4n) is 6.87. The van der Waals surface area contributed by atoms with E-state index in [1.807, 2.05) is 10.9 Å². The molecule has 3 N–H and O–H groups in total. The Kier molecular flexibility index (Phi) is 7.35. The van der Waals surface area contributed by atoms with E-state index in [4.69, 9.17) is 10.7 Å². The van der Waals surface area contributed by atoms with E-state index in [0.717, 1.165) is 80.7 Å². The normalized spacial score (nSPS) is 19.6. The molecule has 0 aromatic carbocycles. The zero-order chi connectivity index (χ0) is 27.9. The van der Waals surface area contributed by atoms with Gasteiger partial charge in [0, 0.05) is 57.4 Å². The predicted molar refractivity (Wildman–Crippen MR) is 156 cm³/mol. The average molecular weight is 547 g/mol. The molecule has 0 atom stereocenters. The number of nitrogen functional groups attached to an aromatic ring is 1. The van der Waals surface area contributed by atoms with Crippen LogP contribution in [-0.2, 0) is 11.3 Å². The van der Waals surface area contributed by atoms with Crippen molar-refractivity contribution in [2.24, 2.45) is 5.41 Å². The number of nitrogens with zero attached hydrogens (tertiary/aromatic N) is 8. The van der Waals surface area contributed by atoms with Gasteiger partial charge in [-0.05, 0) is 50.3 Å². The molecule has 0 unspecified atom stereocenters. The van der Waals surface area contributed by atoms with Gasteiger partial charge >= 0.3 is 0 Å². The zero-order valence-electron chi connectivity index (χ0n) is 24.1. The van der Waals surface area contributed by atoms with Gasteiger partial charge in [-0.1, -0.05) is 19.4 Å². The lowest BCUT2D eigenvalue weighted by molar-refractivity contribution is -0.143. The summed E-state index contributed by atoms with van der Waals surface area (Å²) in [6.07, 6.45) is 7.86. The number of aryl methyl sites for hydroxylation is 1. The van der Waals surface area contributed by atoms with Crippen LogP contribution in [0.3, 0.4) is 0 Å². The smallest absolute Gasteiger partial charge is 0.236 e. The van der Waals surface area contributed by atoms with Gasteiger partial charge in [0.15, 0.2) is 5.82 Å². The molecule has 0 saturated carbocycles. The van der Waals surface area contributed by atoms with Crippen molar-refractivity contribution in [3.8, 4) is 0 Å². The fraction of sp³-hybridized carbons (Fsp3) is 0.621. The summed E-state index contributed by atoms with van der Waals surface area (Å²) in [4.78, 5) is 33.3. The Hall–Kier alpha value is -3.31. The molecule has 1 spiro atoms. The Morgan fingerprint density at radius 2 is 1.93 bits per heavy atom. The highest BCUT2D eigenvalue weighted by Gasteiger charge is 2.50. The summed E-state index contributed by atoms with van der Waals surface area (Å²) >= 11 is 0. The number of anilines is 2. The number of carbonyl (C=O) groups excluding carboxylic acids is 1. The van der Waals surface area contributed by atoms with Gasteiger partial charge in [0.2, 0.25) is 11.9 Å². The minimum atomic E-state index is 0.244. The second-order valence-corrected chi connectivity index (χ2v) is 12.3. The van der Waals surface area contributed by atoms with Gasteiger partial charge in [-0.15, -0.1) is 0 Å². The summed E-state index contributed by atoms with van der Waals surface area (Å²) in [6, 6.07) is 2.26. The highest BCUT2D eigenvalue weighted by Crippen LogP contribution is 2.38. The molecule has 3 saturated heterocycles. The summed E-state index contributed by atoms with van der Waals surface area (Å²) in [7, 11) is 2.17. The highest BCUT2D eigenvalue weighted by atomic mass is 16.2. The van der Waals surface area contributed by atoms with E-state index in [-0.39, 0.29) is 11.9 Å². The third kappa shape index (κ3) is 5.36. The van der Waals surface area contributed by atoms with Crippen LogP contribution in [0.25, 0.3) is 11.0 Å². The third-order valence-electron chi connectivity index (χ3n) is 8.84. The summed E-state index contributed by atoms with van der Waals surface area (Å²) in [6.45, 7) is 12.3. The first-order valence-electron chi connectivity index (χ1n) is 14.7. The number of unbranched alkanes of at least 4 members (excludes halogenated alkanes) is 1. The average Bonchev–Trinajstić information content (AvgIpc) is 3.30. The Morgan fingerprint density at radius 3 is 2.62 bits per heavy atom. The quantitative estimate of drug-likeness (QED) is 0.390. The van der Waals surface area contributed by atoms with Gasteiger partial charge < -0.3 is 20.9 Å². The SMILES string of the molecule is CCCCNc1nc(N)nc2cnn(Cc3ncc(C4CCN(C(=O)CN5CC6(CN(C)C6)C5)CC4)cc3C)c12. The van der Waals surface area contributed by atoms with E-state index in [1.54, 1.807) is 6.20 Å².